The van der Waals surface area contributed by atoms with Gasteiger partial charge in [-0.15, -0.1) is 0 Å². The zero-order chi connectivity index (χ0) is 14.2. The van der Waals surface area contributed by atoms with E-state index in [1.165, 1.54) is 6.42 Å². The highest BCUT2D eigenvalue weighted by molar-refractivity contribution is 6.34. The van der Waals surface area contributed by atoms with Crippen LogP contribution in [0.3, 0.4) is 0 Å². The third-order valence-corrected chi connectivity index (χ3v) is 4.33. The Bertz CT molecular complexity index is 491. The third kappa shape index (κ3) is 3.03. The normalized spacial score (nSPS) is 19.8. The van der Waals surface area contributed by atoms with Gasteiger partial charge < -0.3 is 10.6 Å². The van der Waals surface area contributed by atoms with Gasteiger partial charge in [-0.2, -0.15) is 0 Å². The highest BCUT2D eigenvalue weighted by atomic mass is 35.5. The van der Waals surface area contributed by atoms with E-state index in [4.69, 9.17) is 22.7 Å². The summed E-state index contributed by atoms with van der Waals surface area (Å²) in [5.41, 5.74) is 7.56. The highest BCUT2D eigenvalue weighted by Gasteiger charge is 2.31. The molecule has 0 radical (unpaired) electrons. The van der Waals surface area contributed by atoms with Crippen LogP contribution >= 0.6 is 11.6 Å². The smallest absolute Gasteiger partial charge is 0.124 e. The summed E-state index contributed by atoms with van der Waals surface area (Å²) in [6.45, 7) is 9.03. The molecule has 3 N–H and O–H groups in total. The van der Waals surface area contributed by atoms with Crippen LogP contribution in [0.15, 0.2) is 18.2 Å². The molecule has 0 aromatic heterocycles. The molecule has 1 saturated heterocycles. The molecule has 0 bridgehead atoms. The lowest BCUT2D eigenvalue weighted by molar-refractivity contribution is 0.263. The number of benzene rings is 1. The molecular weight excluding hydrogens is 258 g/mol. The van der Waals surface area contributed by atoms with Gasteiger partial charge in [0.05, 0.1) is 5.02 Å². The van der Waals surface area contributed by atoms with Crippen molar-refractivity contribution < 1.29 is 0 Å². The van der Waals surface area contributed by atoms with Crippen LogP contribution in [0.25, 0.3) is 0 Å². The van der Waals surface area contributed by atoms with Crippen LogP contribution < -0.4 is 10.6 Å². The van der Waals surface area contributed by atoms with Crippen LogP contribution in [0.1, 0.15) is 32.8 Å². The maximum Gasteiger partial charge on any atom is 0.124 e. The first kappa shape index (κ1) is 14.2. The van der Waals surface area contributed by atoms with Crippen LogP contribution in [0.4, 0.5) is 5.69 Å². The Kier molecular flexibility index (Phi) is 3.77. The van der Waals surface area contributed by atoms with Gasteiger partial charge in [-0.3, -0.25) is 5.41 Å². The molecule has 0 aliphatic carbocycles. The predicted octanol–water partition coefficient (Wildman–Crippen LogP) is 3.50. The molecule has 0 amide bonds. The van der Waals surface area contributed by atoms with Crippen molar-refractivity contribution in [3.8, 4) is 0 Å². The molecule has 1 aromatic carbocycles. The fourth-order valence-electron chi connectivity index (χ4n) is 2.62. The van der Waals surface area contributed by atoms with Crippen LogP contribution in [0.5, 0.6) is 0 Å². The molecule has 2 rings (SSSR count). The SMILES string of the molecule is CC(C)(C)C1CCN(c2ccc(C(=N)N)c(Cl)c2)C1. The van der Waals surface area contributed by atoms with Crippen LogP contribution in [-0.2, 0) is 0 Å². The van der Waals surface area contributed by atoms with E-state index in [1.54, 1.807) is 0 Å². The molecule has 3 nitrogen and oxygen atoms in total. The van der Waals surface area contributed by atoms with Crippen LogP contribution in [-0.4, -0.2) is 18.9 Å². The van der Waals surface area contributed by atoms with Gasteiger partial charge >= 0.3 is 0 Å². The van der Waals surface area contributed by atoms with Crippen molar-refractivity contribution in [2.24, 2.45) is 17.1 Å². The number of nitrogen functional groups attached to an aromatic ring is 1. The molecule has 1 fully saturated rings. The monoisotopic (exact) mass is 279 g/mol. The van der Waals surface area contributed by atoms with Gasteiger partial charge in [0, 0.05) is 24.3 Å². The maximum absolute atomic E-state index is 7.45. The van der Waals surface area contributed by atoms with Crippen LogP contribution in [0.2, 0.25) is 5.02 Å². The molecule has 104 valence electrons. The van der Waals surface area contributed by atoms with Crippen molar-refractivity contribution >= 4 is 23.1 Å². The summed E-state index contributed by atoms with van der Waals surface area (Å²) in [7, 11) is 0. The number of amidine groups is 1. The highest BCUT2D eigenvalue weighted by Crippen LogP contribution is 2.36. The molecule has 1 atom stereocenters. The van der Waals surface area contributed by atoms with Crippen molar-refractivity contribution in [3.05, 3.63) is 28.8 Å². The minimum atomic E-state index is 0.0190. The summed E-state index contributed by atoms with van der Waals surface area (Å²) < 4.78 is 0. The zero-order valence-electron chi connectivity index (χ0n) is 11.8. The van der Waals surface area contributed by atoms with Gasteiger partial charge in [0.25, 0.3) is 0 Å². The van der Waals surface area contributed by atoms with E-state index in [0.717, 1.165) is 18.8 Å². The van der Waals surface area contributed by atoms with E-state index in [2.05, 4.69) is 25.7 Å². The van der Waals surface area contributed by atoms with Crippen molar-refractivity contribution in [3.63, 3.8) is 0 Å². The molecule has 1 aliphatic rings. The number of nitrogens with zero attached hydrogens (tertiary/aromatic N) is 1. The van der Waals surface area contributed by atoms with Gasteiger partial charge in [0.2, 0.25) is 0 Å². The Morgan fingerprint density at radius 2 is 2.11 bits per heavy atom. The average Bonchev–Trinajstić information content (AvgIpc) is 2.76. The summed E-state index contributed by atoms with van der Waals surface area (Å²) in [6, 6.07) is 5.77. The lowest BCUT2D eigenvalue weighted by Gasteiger charge is -2.27. The molecule has 1 heterocycles. The summed E-state index contributed by atoms with van der Waals surface area (Å²) >= 11 is 6.18. The third-order valence-electron chi connectivity index (χ3n) is 4.02. The summed E-state index contributed by atoms with van der Waals surface area (Å²) in [5.74, 6) is 0.726. The first-order chi connectivity index (χ1) is 8.79. The first-order valence-electron chi connectivity index (χ1n) is 6.68. The Labute approximate surface area is 120 Å². The van der Waals surface area contributed by atoms with E-state index in [9.17, 15) is 0 Å². The maximum atomic E-state index is 7.45. The molecule has 4 heteroatoms. The number of nitrogens with two attached hydrogens (primary N) is 1. The van der Waals surface area contributed by atoms with E-state index >= 15 is 0 Å². The summed E-state index contributed by atoms with van der Waals surface area (Å²) in [5, 5.41) is 8.01. The van der Waals surface area contributed by atoms with Crippen molar-refractivity contribution in [2.45, 2.75) is 27.2 Å². The Morgan fingerprint density at radius 1 is 1.42 bits per heavy atom. The molecule has 1 unspecified atom stereocenters. The van der Waals surface area contributed by atoms with Gasteiger partial charge in [-0.25, -0.2) is 0 Å². The average molecular weight is 280 g/mol. The number of halogens is 1. The lowest BCUT2D eigenvalue weighted by atomic mass is 9.80. The van der Waals surface area contributed by atoms with Gasteiger partial charge in [0.1, 0.15) is 5.84 Å². The van der Waals surface area contributed by atoms with E-state index in [-0.39, 0.29) is 5.84 Å². The standard InChI is InChI=1S/C15H22ClN3/c1-15(2,3)10-6-7-19(9-10)11-4-5-12(14(17)18)13(16)8-11/h4-5,8,10H,6-7,9H2,1-3H3,(H3,17,18). The van der Waals surface area contributed by atoms with Gasteiger partial charge in [-0.05, 0) is 36.0 Å². The number of rotatable bonds is 2. The predicted molar refractivity (Wildman–Crippen MR) is 82.2 cm³/mol. The zero-order valence-corrected chi connectivity index (χ0v) is 12.6. The molecule has 0 saturated carbocycles. The number of nitrogens with one attached hydrogen (secondary N) is 1. The Hall–Kier alpha value is -1.22. The second-order valence-electron chi connectivity index (χ2n) is 6.38. The second kappa shape index (κ2) is 5.04. The second-order valence-corrected chi connectivity index (χ2v) is 6.78. The molecule has 0 spiro atoms. The Morgan fingerprint density at radius 3 is 2.58 bits per heavy atom. The fourth-order valence-corrected chi connectivity index (χ4v) is 2.90. The van der Waals surface area contributed by atoms with Crippen molar-refractivity contribution in [2.75, 3.05) is 18.0 Å². The fraction of sp³-hybridized carbons (Fsp3) is 0.533. The molecular formula is C15H22ClN3. The first-order valence-corrected chi connectivity index (χ1v) is 7.05. The minimum absolute atomic E-state index is 0.0190. The number of hydrogen-bond donors (Lipinski definition) is 2. The molecule has 19 heavy (non-hydrogen) atoms. The minimum Gasteiger partial charge on any atom is -0.384 e. The molecule has 1 aliphatic heterocycles. The molecule has 1 aromatic rings. The summed E-state index contributed by atoms with van der Waals surface area (Å²) in [4.78, 5) is 2.37. The number of hydrogen-bond acceptors (Lipinski definition) is 2. The van der Waals surface area contributed by atoms with Gasteiger partial charge in [-0.1, -0.05) is 32.4 Å². The quantitative estimate of drug-likeness (QED) is 0.643. The van der Waals surface area contributed by atoms with E-state index in [0.29, 0.717) is 21.9 Å². The van der Waals surface area contributed by atoms with E-state index < -0.39 is 0 Å². The largest absolute Gasteiger partial charge is 0.384 e. The Balaban J connectivity index is 2.16. The topological polar surface area (TPSA) is 53.1 Å². The van der Waals surface area contributed by atoms with Gasteiger partial charge in [0.15, 0.2) is 0 Å². The lowest BCUT2D eigenvalue weighted by Crippen LogP contribution is -2.25. The summed E-state index contributed by atoms with van der Waals surface area (Å²) in [6.07, 6.45) is 1.22. The van der Waals surface area contributed by atoms with Crippen LogP contribution in [0, 0.1) is 16.7 Å². The van der Waals surface area contributed by atoms with Crippen molar-refractivity contribution in [1.82, 2.24) is 0 Å². The number of anilines is 1. The van der Waals surface area contributed by atoms with Crippen molar-refractivity contribution in [1.29, 1.82) is 5.41 Å². The van der Waals surface area contributed by atoms with E-state index in [1.807, 2.05) is 18.2 Å².